The molecule has 142 valence electrons. The summed E-state index contributed by atoms with van der Waals surface area (Å²) in [5, 5.41) is 3.60. The topological polar surface area (TPSA) is 88.2 Å². The summed E-state index contributed by atoms with van der Waals surface area (Å²) < 4.78 is 53.3. The summed E-state index contributed by atoms with van der Waals surface area (Å²) in [6.45, 7) is 1.71. The number of halogens is 2. The molecule has 0 saturated heterocycles. The van der Waals surface area contributed by atoms with Crippen LogP contribution in [0.15, 0.2) is 41.3 Å². The molecule has 0 aliphatic rings. The van der Waals surface area contributed by atoms with Gasteiger partial charge in [0.15, 0.2) is 11.6 Å². The second-order valence-electron chi connectivity index (χ2n) is 5.69. The number of sulfonamides is 1. The van der Waals surface area contributed by atoms with E-state index in [2.05, 4.69) is 15.0 Å². The Labute approximate surface area is 158 Å². The largest absolute Gasteiger partial charge is 0.326 e. The number of aromatic nitrogens is 1. The van der Waals surface area contributed by atoms with Crippen molar-refractivity contribution in [3.63, 3.8) is 0 Å². The standard InChI is InChI=1S/C17H15F2N3O3S2/c1-10-21-15-5-2-11(8-16(15)26-10)22-17(23)6-7-20-27(24,25)12-3-4-13(18)14(19)9-12/h2-5,8-9,20H,6-7H2,1H3,(H,22,23). The van der Waals surface area contributed by atoms with E-state index in [0.717, 1.165) is 27.4 Å². The second kappa shape index (κ2) is 7.67. The summed E-state index contributed by atoms with van der Waals surface area (Å²) in [4.78, 5) is 15.9. The molecule has 0 aliphatic carbocycles. The van der Waals surface area contributed by atoms with E-state index in [1.807, 2.05) is 6.92 Å². The number of benzene rings is 2. The molecule has 3 aromatic rings. The van der Waals surface area contributed by atoms with Crippen molar-refractivity contribution in [2.45, 2.75) is 18.2 Å². The summed E-state index contributed by atoms with van der Waals surface area (Å²) >= 11 is 1.50. The van der Waals surface area contributed by atoms with Crippen LogP contribution in [0.25, 0.3) is 10.2 Å². The first kappa shape index (κ1) is 19.3. The van der Waals surface area contributed by atoms with Gasteiger partial charge in [-0.05, 0) is 43.3 Å². The van der Waals surface area contributed by atoms with Crippen LogP contribution in [0.2, 0.25) is 0 Å². The monoisotopic (exact) mass is 411 g/mol. The average molecular weight is 411 g/mol. The van der Waals surface area contributed by atoms with Gasteiger partial charge in [0.1, 0.15) is 0 Å². The molecule has 0 aliphatic heterocycles. The molecule has 27 heavy (non-hydrogen) atoms. The lowest BCUT2D eigenvalue weighted by atomic mass is 10.3. The van der Waals surface area contributed by atoms with E-state index < -0.39 is 26.6 Å². The van der Waals surface area contributed by atoms with Crippen LogP contribution in [0.5, 0.6) is 0 Å². The first-order chi connectivity index (χ1) is 12.7. The van der Waals surface area contributed by atoms with Crippen molar-refractivity contribution in [3.8, 4) is 0 Å². The minimum absolute atomic E-state index is 0.122. The van der Waals surface area contributed by atoms with Gasteiger partial charge >= 0.3 is 0 Å². The fourth-order valence-corrected chi connectivity index (χ4v) is 4.28. The van der Waals surface area contributed by atoms with Gasteiger partial charge in [-0.25, -0.2) is 26.9 Å². The van der Waals surface area contributed by atoms with Crippen LogP contribution < -0.4 is 10.0 Å². The summed E-state index contributed by atoms with van der Waals surface area (Å²) in [5.74, 6) is -2.78. The summed E-state index contributed by atoms with van der Waals surface area (Å²) in [7, 11) is -4.04. The predicted molar refractivity (Wildman–Crippen MR) is 99.2 cm³/mol. The minimum atomic E-state index is -4.04. The SMILES string of the molecule is Cc1nc2ccc(NC(=O)CCNS(=O)(=O)c3ccc(F)c(F)c3)cc2s1. The molecular formula is C17H15F2N3O3S2. The van der Waals surface area contributed by atoms with Gasteiger partial charge in [0, 0.05) is 18.7 Å². The molecule has 2 N–H and O–H groups in total. The lowest BCUT2D eigenvalue weighted by Gasteiger charge is -2.08. The van der Waals surface area contributed by atoms with E-state index in [-0.39, 0.29) is 18.9 Å². The molecule has 6 nitrogen and oxygen atoms in total. The number of hydrogen-bond acceptors (Lipinski definition) is 5. The Morgan fingerprint density at radius 1 is 1.15 bits per heavy atom. The highest BCUT2D eigenvalue weighted by Gasteiger charge is 2.16. The van der Waals surface area contributed by atoms with Crippen LogP contribution in [-0.4, -0.2) is 25.9 Å². The zero-order valence-electron chi connectivity index (χ0n) is 14.1. The highest BCUT2D eigenvalue weighted by Crippen LogP contribution is 2.24. The van der Waals surface area contributed by atoms with Gasteiger partial charge in [0.2, 0.25) is 15.9 Å². The van der Waals surface area contributed by atoms with Crippen LogP contribution in [0.4, 0.5) is 14.5 Å². The molecular weight excluding hydrogens is 396 g/mol. The van der Waals surface area contributed by atoms with Gasteiger partial charge in [-0.1, -0.05) is 0 Å². The van der Waals surface area contributed by atoms with Crippen LogP contribution in [-0.2, 0) is 14.8 Å². The molecule has 1 amide bonds. The lowest BCUT2D eigenvalue weighted by Crippen LogP contribution is -2.28. The fraction of sp³-hybridized carbons (Fsp3) is 0.176. The molecule has 0 spiro atoms. The third-order valence-corrected chi connectivity index (χ3v) is 6.02. The molecule has 0 unspecified atom stereocenters. The average Bonchev–Trinajstić information content (AvgIpc) is 2.96. The molecule has 0 atom stereocenters. The molecule has 1 heterocycles. The van der Waals surface area contributed by atoms with E-state index in [1.54, 1.807) is 18.2 Å². The number of rotatable bonds is 6. The smallest absolute Gasteiger partial charge is 0.240 e. The van der Waals surface area contributed by atoms with Crippen LogP contribution in [0, 0.1) is 18.6 Å². The van der Waals surface area contributed by atoms with E-state index in [0.29, 0.717) is 11.8 Å². The highest BCUT2D eigenvalue weighted by molar-refractivity contribution is 7.89. The summed E-state index contributed by atoms with van der Waals surface area (Å²) in [6, 6.07) is 7.57. The Morgan fingerprint density at radius 2 is 1.93 bits per heavy atom. The zero-order chi connectivity index (χ0) is 19.6. The number of aryl methyl sites for hydroxylation is 1. The van der Waals surface area contributed by atoms with Gasteiger partial charge in [0.25, 0.3) is 0 Å². The summed E-state index contributed by atoms with van der Waals surface area (Å²) in [5.41, 5.74) is 1.43. The number of thiazole rings is 1. The molecule has 0 bridgehead atoms. The maximum absolute atomic E-state index is 13.2. The quantitative estimate of drug-likeness (QED) is 0.652. The van der Waals surface area contributed by atoms with Crippen LogP contribution >= 0.6 is 11.3 Å². The number of carbonyl (C=O) groups excluding carboxylic acids is 1. The van der Waals surface area contributed by atoms with Crippen molar-refractivity contribution >= 4 is 43.2 Å². The molecule has 0 fully saturated rings. The van der Waals surface area contributed by atoms with Gasteiger partial charge in [-0.15, -0.1) is 11.3 Å². The van der Waals surface area contributed by atoms with Crippen molar-refractivity contribution in [1.82, 2.24) is 9.71 Å². The first-order valence-corrected chi connectivity index (χ1v) is 10.2. The van der Waals surface area contributed by atoms with E-state index in [4.69, 9.17) is 0 Å². The summed E-state index contributed by atoms with van der Waals surface area (Å²) in [6.07, 6.45) is -0.122. The maximum Gasteiger partial charge on any atom is 0.240 e. The number of nitrogens with one attached hydrogen (secondary N) is 2. The van der Waals surface area contributed by atoms with Gasteiger partial charge in [0.05, 0.1) is 20.1 Å². The van der Waals surface area contributed by atoms with Crippen LogP contribution in [0.1, 0.15) is 11.4 Å². The van der Waals surface area contributed by atoms with Crippen molar-refractivity contribution in [2.24, 2.45) is 0 Å². The molecule has 0 radical (unpaired) electrons. The molecule has 2 aromatic carbocycles. The van der Waals surface area contributed by atoms with Gasteiger partial charge in [-0.3, -0.25) is 4.79 Å². The fourth-order valence-electron chi connectivity index (χ4n) is 2.37. The Balaban J connectivity index is 1.57. The number of fused-ring (bicyclic) bond motifs is 1. The third kappa shape index (κ3) is 4.65. The van der Waals surface area contributed by atoms with Crippen LogP contribution in [0.3, 0.4) is 0 Å². The van der Waals surface area contributed by atoms with Crippen molar-refractivity contribution in [1.29, 1.82) is 0 Å². The molecule has 10 heteroatoms. The molecule has 1 aromatic heterocycles. The normalized spacial score (nSPS) is 11.7. The van der Waals surface area contributed by atoms with E-state index >= 15 is 0 Å². The van der Waals surface area contributed by atoms with E-state index in [1.165, 1.54) is 11.3 Å². The first-order valence-electron chi connectivity index (χ1n) is 7.86. The number of nitrogens with zero attached hydrogens (tertiary/aromatic N) is 1. The van der Waals surface area contributed by atoms with Crippen molar-refractivity contribution < 1.29 is 22.0 Å². The third-order valence-electron chi connectivity index (χ3n) is 3.62. The molecule has 0 saturated carbocycles. The maximum atomic E-state index is 13.2. The Kier molecular flexibility index (Phi) is 5.49. The minimum Gasteiger partial charge on any atom is -0.326 e. The van der Waals surface area contributed by atoms with Gasteiger partial charge < -0.3 is 5.32 Å². The number of amides is 1. The number of carbonyl (C=O) groups is 1. The van der Waals surface area contributed by atoms with E-state index in [9.17, 15) is 22.0 Å². The second-order valence-corrected chi connectivity index (χ2v) is 8.69. The molecule has 3 rings (SSSR count). The van der Waals surface area contributed by atoms with Crippen molar-refractivity contribution in [3.05, 3.63) is 53.0 Å². The lowest BCUT2D eigenvalue weighted by molar-refractivity contribution is -0.116. The predicted octanol–water partition coefficient (Wildman–Crippen LogP) is 3.19. The number of hydrogen-bond donors (Lipinski definition) is 2. The number of anilines is 1. The van der Waals surface area contributed by atoms with Crippen molar-refractivity contribution in [2.75, 3.05) is 11.9 Å². The Morgan fingerprint density at radius 3 is 2.67 bits per heavy atom. The highest BCUT2D eigenvalue weighted by atomic mass is 32.2. The Hall–Kier alpha value is -2.43. The Bertz CT molecular complexity index is 1110. The van der Waals surface area contributed by atoms with Gasteiger partial charge in [-0.2, -0.15) is 0 Å². The zero-order valence-corrected chi connectivity index (χ0v) is 15.8.